The Bertz CT molecular complexity index is 519. The minimum absolute atomic E-state index is 0.233. The Kier molecular flexibility index (Phi) is 3.00. The van der Waals surface area contributed by atoms with Gasteiger partial charge in [0.15, 0.2) is 5.82 Å². The van der Waals surface area contributed by atoms with Crippen LogP contribution < -0.4 is 11.1 Å². The normalized spacial score (nSPS) is 9.94. The van der Waals surface area contributed by atoms with Gasteiger partial charge in [0.2, 0.25) is 0 Å². The van der Waals surface area contributed by atoms with Crippen LogP contribution in [0.2, 0.25) is 0 Å². The molecule has 2 aromatic rings. The standard InChI is InChI=1S/C12H12N4O/c1-8-6-15-11(7-14-8)16-12(17)9-2-4-10(13)5-3-9/h2-7H,13H2,1H3,(H,15,16,17). The number of benzene rings is 1. The number of nitrogens with two attached hydrogens (primary N) is 1. The summed E-state index contributed by atoms with van der Waals surface area (Å²) in [6.45, 7) is 1.83. The summed E-state index contributed by atoms with van der Waals surface area (Å²) in [5.74, 6) is 0.195. The first-order valence-corrected chi connectivity index (χ1v) is 5.11. The monoisotopic (exact) mass is 228 g/mol. The van der Waals surface area contributed by atoms with Crippen molar-refractivity contribution in [3.8, 4) is 0 Å². The summed E-state index contributed by atoms with van der Waals surface area (Å²) in [6.07, 6.45) is 3.11. The molecule has 1 aromatic heterocycles. The predicted octanol–water partition coefficient (Wildman–Crippen LogP) is 1.62. The summed E-state index contributed by atoms with van der Waals surface area (Å²) in [7, 11) is 0. The Morgan fingerprint density at radius 2 is 1.88 bits per heavy atom. The molecule has 5 nitrogen and oxygen atoms in total. The number of amides is 1. The molecule has 1 amide bonds. The van der Waals surface area contributed by atoms with Crippen LogP contribution in [0.25, 0.3) is 0 Å². The quantitative estimate of drug-likeness (QED) is 0.765. The van der Waals surface area contributed by atoms with Crippen LogP contribution in [0.3, 0.4) is 0 Å². The largest absolute Gasteiger partial charge is 0.399 e. The molecule has 3 N–H and O–H groups in total. The van der Waals surface area contributed by atoms with E-state index in [9.17, 15) is 4.79 Å². The van der Waals surface area contributed by atoms with Gasteiger partial charge in [-0.25, -0.2) is 4.98 Å². The lowest BCUT2D eigenvalue weighted by atomic mass is 10.2. The minimum Gasteiger partial charge on any atom is -0.399 e. The number of hydrogen-bond acceptors (Lipinski definition) is 4. The molecular formula is C12H12N4O. The zero-order valence-electron chi connectivity index (χ0n) is 9.34. The number of nitrogen functional groups attached to an aromatic ring is 1. The molecule has 0 aliphatic carbocycles. The Balaban J connectivity index is 2.11. The van der Waals surface area contributed by atoms with Gasteiger partial charge in [0.1, 0.15) is 0 Å². The van der Waals surface area contributed by atoms with Crippen LogP contribution in [0.1, 0.15) is 16.1 Å². The van der Waals surface area contributed by atoms with Crippen LogP contribution in [0.15, 0.2) is 36.7 Å². The summed E-state index contributed by atoms with van der Waals surface area (Å²) in [5.41, 5.74) is 7.49. The molecule has 1 aromatic carbocycles. The maximum Gasteiger partial charge on any atom is 0.256 e. The maximum absolute atomic E-state index is 11.8. The SMILES string of the molecule is Cc1cnc(NC(=O)c2ccc(N)cc2)cn1. The van der Waals surface area contributed by atoms with Crippen molar-refractivity contribution >= 4 is 17.4 Å². The van der Waals surface area contributed by atoms with Crippen molar-refractivity contribution in [2.75, 3.05) is 11.1 Å². The van der Waals surface area contributed by atoms with Crippen LogP contribution in [0.5, 0.6) is 0 Å². The van der Waals surface area contributed by atoms with Crippen LogP contribution in [0.4, 0.5) is 11.5 Å². The van der Waals surface area contributed by atoms with Crippen LogP contribution in [0, 0.1) is 6.92 Å². The van der Waals surface area contributed by atoms with Gasteiger partial charge < -0.3 is 11.1 Å². The molecule has 2 rings (SSSR count). The zero-order valence-corrected chi connectivity index (χ0v) is 9.34. The number of carbonyl (C=O) groups is 1. The van der Waals surface area contributed by atoms with Crippen LogP contribution in [-0.4, -0.2) is 15.9 Å². The smallest absolute Gasteiger partial charge is 0.256 e. The van der Waals surface area contributed by atoms with Crippen LogP contribution in [-0.2, 0) is 0 Å². The van der Waals surface area contributed by atoms with Crippen molar-refractivity contribution in [2.24, 2.45) is 0 Å². The number of aryl methyl sites for hydroxylation is 1. The van der Waals surface area contributed by atoms with E-state index >= 15 is 0 Å². The fourth-order valence-electron chi connectivity index (χ4n) is 1.28. The topological polar surface area (TPSA) is 80.9 Å². The molecule has 86 valence electrons. The lowest BCUT2D eigenvalue weighted by Gasteiger charge is -2.04. The third kappa shape index (κ3) is 2.78. The van der Waals surface area contributed by atoms with Gasteiger partial charge in [-0.1, -0.05) is 0 Å². The fourth-order valence-corrected chi connectivity index (χ4v) is 1.28. The van der Waals surface area contributed by atoms with E-state index in [4.69, 9.17) is 5.73 Å². The van der Waals surface area contributed by atoms with E-state index in [1.165, 1.54) is 6.20 Å². The molecule has 0 saturated heterocycles. The van der Waals surface area contributed by atoms with Crippen LogP contribution >= 0.6 is 0 Å². The first kappa shape index (κ1) is 11.1. The second kappa shape index (κ2) is 4.61. The Labute approximate surface area is 98.7 Å². The number of hydrogen-bond donors (Lipinski definition) is 2. The van der Waals surface area contributed by atoms with E-state index < -0.39 is 0 Å². The Morgan fingerprint density at radius 1 is 1.18 bits per heavy atom. The van der Waals surface area contributed by atoms with Gasteiger partial charge in [-0.2, -0.15) is 0 Å². The molecule has 0 bridgehead atoms. The van der Waals surface area contributed by atoms with Gasteiger partial charge in [0, 0.05) is 11.3 Å². The molecule has 0 saturated carbocycles. The van der Waals surface area contributed by atoms with Crippen molar-refractivity contribution in [2.45, 2.75) is 6.92 Å². The molecule has 0 unspecified atom stereocenters. The first-order valence-electron chi connectivity index (χ1n) is 5.11. The average Bonchev–Trinajstić information content (AvgIpc) is 2.33. The molecule has 17 heavy (non-hydrogen) atoms. The van der Waals surface area contributed by atoms with E-state index in [-0.39, 0.29) is 5.91 Å². The molecule has 1 heterocycles. The van der Waals surface area contributed by atoms with E-state index in [1.54, 1.807) is 30.5 Å². The number of aromatic nitrogens is 2. The fraction of sp³-hybridized carbons (Fsp3) is 0.0833. The summed E-state index contributed by atoms with van der Waals surface area (Å²) in [5, 5.41) is 2.65. The molecule has 5 heteroatoms. The molecule has 0 aliphatic rings. The summed E-state index contributed by atoms with van der Waals surface area (Å²) < 4.78 is 0. The zero-order chi connectivity index (χ0) is 12.3. The van der Waals surface area contributed by atoms with E-state index in [0.717, 1.165) is 5.69 Å². The van der Waals surface area contributed by atoms with Gasteiger partial charge in [-0.3, -0.25) is 9.78 Å². The lowest BCUT2D eigenvalue weighted by molar-refractivity contribution is 0.102. The Hall–Kier alpha value is -2.43. The highest BCUT2D eigenvalue weighted by Gasteiger charge is 2.06. The highest BCUT2D eigenvalue weighted by molar-refractivity contribution is 6.03. The average molecular weight is 228 g/mol. The van der Waals surface area contributed by atoms with Crippen molar-refractivity contribution in [1.29, 1.82) is 0 Å². The second-order valence-electron chi connectivity index (χ2n) is 3.62. The van der Waals surface area contributed by atoms with E-state index in [2.05, 4.69) is 15.3 Å². The van der Waals surface area contributed by atoms with Crippen molar-refractivity contribution in [1.82, 2.24) is 9.97 Å². The van der Waals surface area contributed by atoms with Gasteiger partial charge >= 0.3 is 0 Å². The predicted molar refractivity (Wildman–Crippen MR) is 65.6 cm³/mol. The molecule has 0 radical (unpaired) electrons. The number of rotatable bonds is 2. The number of carbonyl (C=O) groups excluding carboxylic acids is 1. The molecular weight excluding hydrogens is 216 g/mol. The van der Waals surface area contributed by atoms with Gasteiger partial charge in [0.05, 0.1) is 18.1 Å². The lowest BCUT2D eigenvalue weighted by Crippen LogP contribution is -2.13. The van der Waals surface area contributed by atoms with Gasteiger partial charge in [-0.15, -0.1) is 0 Å². The third-order valence-electron chi connectivity index (χ3n) is 2.20. The summed E-state index contributed by atoms with van der Waals surface area (Å²) in [6, 6.07) is 6.67. The van der Waals surface area contributed by atoms with Crippen molar-refractivity contribution in [3.63, 3.8) is 0 Å². The Morgan fingerprint density at radius 3 is 2.47 bits per heavy atom. The number of nitrogens with one attached hydrogen (secondary N) is 1. The highest BCUT2D eigenvalue weighted by atomic mass is 16.1. The van der Waals surface area contributed by atoms with E-state index in [0.29, 0.717) is 17.1 Å². The third-order valence-corrected chi connectivity index (χ3v) is 2.20. The minimum atomic E-state index is -0.233. The van der Waals surface area contributed by atoms with Gasteiger partial charge in [0.25, 0.3) is 5.91 Å². The molecule has 0 atom stereocenters. The molecule has 0 spiro atoms. The second-order valence-corrected chi connectivity index (χ2v) is 3.62. The van der Waals surface area contributed by atoms with Crippen molar-refractivity contribution < 1.29 is 4.79 Å². The van der Waals surface area contributed by atoms with Gasteiger partial charge in [-0.05, 0) is 31.2 Å². The molecule has 0 aliphatic heterocycles. The first-order chi connectivity index (χ1) is 8.15. The van der Waals surface area contributed by atoms with E-state index in [1.807, 2.05) is 6.92 Å². The summed E-state index contributed by atoms with van der Waals surface area (Å²) >= 11 is 0. The summed E-state index contributed by atoms with van der Waals surface area (Å²) in [4.78, 5) is 19.9. The van der Waals surface area contributed by atoms with Crippen molar-refractivity contribution in [3.05, 3.63) is 47.9 Å². The highest BCUT2D eigenvalue weighted by Crippen LogP contribution is 2.08. The number of nitrogens with zero attached hydrogens (tertiary/aromatic N) is 2. The molecule has 0 fully saturated rings. The maximum atomic E-state index is 11.8. The number of anilines is 2.